The quantitative estimate of drug-likeness (QED) is 0.914. The lowest BCUT2D eigenvalue weighted by atomic mass is 10.00. The number of carboxylic acids is 1. The van der Waals surface area contributed by atoms with E-state index in [9.17, 15) is 22.8 Å². The van der Waals surface area contributed by atoms with Gasteiger partial charge in [-0.3, -0.25) is 9.59 Å². The van der Waals surface area contributed by atoms with Gasteiger partial charge >= 0.3 is 17.8 Å². The van der Waals surface area contributed by atoms with E-state index in [1.54, 1.807) is 6.07 Å². The van der Waals surface area contributed by atoms with Crippen LogP contribution in [0, 0.1) is 0 Å². The van der Waals surface area contributed by atoms with Crippen molar-refractivity contribution in [1.82, 2.24) is 4.90 Å². The number of carbonyl (C=O) groups excluding carboxylic acids is 1. The zero-order valence-electron chi connectivity index (χ0n) is 12.5. The fourth-order valence-corrected chi connectivity index (χ4v) is 3.07. The average molecular weight is 341 g/mol. The van der Waals surface area contributed by atoms with Crippen molar-refractivity contribution in [2.24, 2.45) is 10.2 Å². The zero-order valence-corrected chi connectivity index (χ0v) is 12.5. The number of benzene rings is 1. The molecule has 1 saturated heterocycles. The summed E-state index contributed by atoms with van der Waals surface area (Å²) in [5.74, 6) is -1.61. The molecule has 0 aliphatic carbocycles. The van der Waals surface area contributed by atoms with Crippen LogP contribution in [-0.2, 0) is 11.2 Å². The van der Waals surface area contributed by atoms with Crippen molar-refractivity contribution in [3.05, 3.63) is 35.4 Å². The van der Waals surface area contributed by atoms with Crippen LogP contribution < -0.4 is 0 Å². The van der Waals surface area contributed by atoms with Gasteiger partial charge in [0.2, 0.25) is 0 Å². The van der Waals surface area contributed by atoms with Crippen LogP contribution in [0.2, 0.25) is 0 Å². The van der Waals surface area contributed by atoms with Gasteiger partial charge in [0, 0.05) is 12.1 Å². The van der Waals surface area contributed by atoms with Crippen molar-refractivity contribution in [1.29, 1.82) is 0 Å². The lowest BCUT2D eigenvalue weighted by molar-refractivity contribution is -0.175. The fourth-order valence-electron chi connectivity index (χ4n) is 3.07. The van der Waals surface area contributed by atoms with Crippen molar-refractivity contribution >= 4 is 11.9 Å². The number of nitrogens with zero attached hydrogens (tertiary/aromatic N) is 3. The molecule has 0 saturated carbocycles. The molecule has 1 aromatic carbocycles. The van der Waals surface area contributed by atoms with Gasteiger partial charge in [0.1, 0.15) is 0 Å². The molecule has 1 unspecified atom stereocenters. The molecule has 2 heterocycles. The first kappa shape index (κ1) is 16.4. The number of aliphatic carboxylic acids is 1. The van der Waals surface area contributed by atoms with E-state index in [-0.39, 0.29) is 24.9 Å². The Balaban J connectivity index is 1.83. The SMILES string of the molecule is O=C(O)Cc1cccc(C(=O)N2CCCC2C2(C(F)(F)F)N=N2)c1. The third kappa shape index (κ3) is 2.74. The van der Waals surface area contributed by atoms with Crippen molar-refractivity contribution in [2.45, 2.75) is 37.1 Å². The van der Waals surface area contributed by atoms with E-state index in [0.717, 1.165) is 4.90 Å². The second-order valence-electron chi connectivity index (χ2n) is 5.85. The van der Waals surface area contributed by atoms with E-state index in [0.29, 0.717) is 12.0 Å². The standard InChI is InChI=1S/C15H14F3N3O3/c16-15(17,18)14(19-20-14)11-5-2-6-21(11)13(24)10-4-1-3-9(7-10)8-12(22)23/h1,3-4,7,11H,2,5-6,8H2,(H,22,23). The van der Waals surface area contributed by atoms with E-state index < -0.39 is 29.8 Å². The maximum absolute atomic E-state index is 13.2. The van der Waals surface area contributed by atoms with Gasteiger partial charge in [-0.25, -0.2) is 0 Å². The summed E-state index contributed by atoms with van der Waals surface area (Å²) in [4.78, 5) is 24.5. The van der Waals surface area contributed by atoms with Crippen LogP contribution in [0.1, 0.15) is 28.8 Å². The highest BCUT2D eigenvalue weighted by Crippen LogP contribution is 2.51. The summed E-state index contributed by atoms with van der Waals surface area (Å²) < 4.78 is 39.6. The van der Waals surface area contributed by atoms with Crippen LogP contribution in [0.4, 0.5) is 13.2 Å². The van der Waals surface area contributed by atoms with E-state index in [4.69, 9.17) is 5.11 Å². The number of rotatable bonds is 4. The van der Waals surface area contributed by atoms with Gasteiger partial charge in [-0.05, 0) is 30.5 Å². The molecule has 1 amide bonds. The van der Waals surface area contributed by atoms with E-state index in [1.807, 2.05) is 0 Å². The highest BCUT2D eigenvalue weighted by Gasteiger charge is 2.70. The minimum atomic E-state index is -4.63. The van der Waals surface area contributed by atoms with Gasteiger partial charge in [0.25, 0.3) is 5.91 Å². The molecule has 0 spiro atoms. The topological polar surface area (TPSA) is 82.3 Å². The minimum absolute atomic E-state index is 0.165. The Morgan fingerprint density at radius 2 is 2.04 bits per heavy atom. The highest BCUT2D eigenvalue weighted by atomic mass is 19.4. The normalized spacial score (nSPS) is 21.8. The molecule has 1 aromatic rings. The molecule has 1 atom stereocenters. The summed E-state index contributed by atoms with van der Waals surface area (Å²) in [6, 6.07) is 4.78. The van der Waals surface area contributed by atoms with Crippen molar-refractivity contribution in [3.63, 3.8) is 0 Å². The molecule has 0 bridgehead atoms. The lowest BCUT2D eigenvalue weighted by Crippen LogP contribution is -2.52. The monoisotopic (exact) mass is 341 g/mol. The fraction of sp³-hybridized carbons (Fsp3) is 0.467. The van der Waals surface area contributed by atoms with Crippen LogP contribution in [-0.4, -0.2) is 46.3 Å². The Kier molecular flexibility index (Phi) is 3.81. The van der Waals surface area contributed by atoms with Gasteiger partial charge in [-0.15, -0.1) is 10.2 Å². The summed E-state index contributed by atoms with van der Waals surface area (Å²) in [5.41, 5.74) is -1.92. The van der Waals surface area contributed by atoms with Crippen LogP contribution in [0.3, 0.4) is 0 Å². The van der Waals surface area contributed by atoms with Gasteiger partial charge in [0.05, 0.1) is 12.5 Å². The first-order valence-corrected chi connectivity index (χ1v) is 7.37. The summed E-state index contributed by atoms with van der Waals surface area (Å²) in [7, 11) is 0. The maximum Gasteiger partial charge on any atom is 0.439 e. The summed E-state index contributed by atoms with van der Waals surface area (Å²) in [6.45, 7) is 0.190. The number of hydrogen-bond donors (Lipinski definition) is 1. The number of carboxylic acid groups (broad SMARTS) is 1. The van der Waals surface area contributed by atoms with Gasteiger partial charge in [-0.1, -0.05) is 12.1 Å². The summed E-state index contributed by atoms with van der Waals surface area (Å²) >= 11 is 0. The lowest BCUT2D eigenvalue weighted by Gasteiger charge is -2.29. The first-order valence-electron chi connectivity index (χ1n) is 7.37. The first-order chi connectivity index (χ1) is 11.2. The smallest absolute Gasteiger partial charge is 0.439 e. The second kappa shape index (κ2) is 5.57. The molecule has 6 nitrogen and oxygen atoms in total. The van der Waals surface area contributed by atoms with Crippen LogP contribution in [0.15, 0.2) is 34.5 Å². The Bertz CT molecular complexity index is 711. The van der Waals surface area contributed by atoms with Crippen molar-refractivity contribution in [3.8, 4) is 0 Å². The molecule has 1 fully saturated rings. The average Bonchev–Trinajstić information content (AvgIpc) is 3.18. The van der Waals surface area contributed by atoms with Gasteiger partial charge in [0.15, 0.2) is 0 Å². The Labute approximate surface area is 135 Å². The number of halogens is 3. The third-order valence-corrected chi connectivity index (χ3v) is 4.24. The molecule has 3 rings (SSSR count). The van der Waals surface area contributed by atoms with Gasteiger partial charge in [-0.2, -0.15) is 13.2 Å². The molecule has 9 heteroatoms. The number of alkyl halides is 3. The predicted molar refractivity (Wildman–Crippen MR) is 75.5 cm³/mol. The highest BCUT2D eigenvalue weighted by molar-refractivity contribution is 5.95. The van der Waals surface area contributed by atoms with E-state index in [1.165, 1.54) is 18.2 Å². The molecule has 1 N–H and O–H groups in total. The summed E-state index contributed by atoms with van der Waals surface area (Å²) in [5, 5.41) is 15.2. The molecule has 24 heavy (non-hydrogen) atoms. The Hall–Kier alpha value is -2.45. The zero-order chi connectivity index (χ0) is 17.5. The predicted octanol–water partition coefficient (Wildman–Crippen LogP) is 2.64. The molecule has 0 radical (unpaired) electrons. The largest absolute Gasteiger partial charge is 0.481 e. The van der Waals surface area contributed by atoms with Crippen LogP contribution in [0.25, 0.3) is 0 Å². The molecular formula is C15H14F3N3O3. The number of likely N-dealkylation sites (tertiary alicyclic amines) is 1. The van der Waals surface area contributed by atoms with E-state index >= 15 is 0 Å². The Morgan fingerprint density at radius 3 is 2.62 bits per heavy atom. The third-order valence-electron chi connectivity index (χ3n) is 4.24. The number of hydrogen-bond acceptors (Lipinski definition) is 4. The Morgan fingerprint density at radius 1 is 1.33 bits per heavy atom. The molecular weight excluding hydrogens is 327 g/mol. The molecule has 128 valence electrons. The molecule has 2 aliphatic heterocycles. The molecule has 2 aliphatic rings. The maximum atomic E-state index is 13.2. The van der Waals surface area contributed by atoms with Gasteiger partial charge < -0.3 is 10.0 Å². The second-order valence-corrected chi connectivity index (χ2v) is 5.85. The van der Waals surface area contributed by atoms with Crippen molar-refractivity contribution in [2.75, 3.05) is 6.54 Å². The number of amides is 1. The van der Waals surface area contributed by atoms with Crippen LogP contribution >= 0.6 is 0 Å². The molecule has 0 aromatic heterocycles. The minimum Gasteiger partial charge on any atom is -0.481 e. The van der Waals surface area contributed by atoms with Crippen LogP contribution in [0.5, 0.6) is 0 Å². The summed E-state index contributed by atoms with van der Waals surface area (Å²) in [6.07, 6.45) is -4.28. The van der Waals surface area contributed by atoms with Crippen molar-refractivity contribution < 1.29 is 27.9 Å². The van der Waals surface area contributed by atoms with E-state index in [2.05, 4.69) is 10.2 Å². The number of carbonyl (C=O) groups is 2.